The van der Waals surface area contributed by atoms with E-state index in [2.05, 4.69) is 0 Å². The number of carbonyl (C=O) groups is 1. The highest BCUT2D eigenvalue weighted by Gasteiger charge is 2.37. The van der Waals surface area contributed by atoms with Gasteiger partial charge in [0.1, 0.15) is 9.79 Å². The van der Waals surface area contributed by atoms with Crippen LogP contribution < -0.4 is 0 Å². The van der Waals surface area contributed by atoms with Crippen LogP contribution in [0.25, 0.3) is 0 Å². The summed E-state index contributed by atoms with van der Waals surface area (Å²) in [7, 11) is -8.10. The van der Waals surface area contributed by atoms with Gasteiger partial charge in [-0.15, -0.1) is 0 Å². The maximum Gasteiger partial charge on any atom is 0.307 e. The van der Waals surface area contributed by atoms with E-state index in [0.29, 0.717) is 12.8 Å². The van der Waals surface area contributed by atoms with Crippen LogP contribution in [0.5, 0.6) is 0 Å². The fourth-order valence-electron chi connectivity index (χ4n) is 3.08. The van der Waals surface area contributed by atoms with Crippen LogP contribution in [0.2, 0.25) is 0 Å². The second-order valence-electron chi connectivity index (χ2n) is 6.08. The molecule has 146 valence electrons. The van der Waals surface area contributed by atoms with Gasteiger partial charge in [0.25, 0.3) is 0 Å². The van der Waals surface area contributed by atoms with E-state index in [-0.39, 0.29) is 36.0 Å². The number of sulfonamides is 2. The molecule has 0 unspecified atom stereocenters. The third-order valence-electron chi connectivity index (χ3n) is 4.52. The van der Waals surface area contributed by atoms with Crippen LogP contribution in [-0.2, 0) is 24.8 Å². The normalized spacial score (nSPS) is 19.6. The lowest BCUT2D eigenvalue weighted by atomic mass is 10.0. The van der Waals surface area contributed by atoms with E-state index in [9.17, 15) is 26.7 Å². The Morgan fingerprint density at radius 2 is 1.73 bits per heavy atom. The number of hydrogen-bond acceptors (Lipinski definition) is 5. The summed E-state index contributed by atoms with van der Waals surface area (Å²) in [6.45, 7) is 3.82. The van der Waals surface area contributed by atoms with Gasteiger partial charge in [0.2, 0.25) is 20.0 Å². The molecule has 26 heavy (non-hydrogen) atoms. The Hall–Kier alpha value is -1.49. The zero-order valence-electron chi connectivity index (χ0n) is 14.8. The van der Waals surface area contributed by atoms with Crippen LogP contribution in [0.1, 0.15) is 26.7 Å². The number of aliphatic carboxylic acids is 1. The lowest BCUT2D eigenvalue weighted by Crippen LogP contribution is -2.43. The number of benzene rings is 1. The summed E-state index contributed by atoms with van der Waals surface area (Å²) in [5.41, 5.74) is 0. The van der Waals surface area contributed by atoms with Crippen LogP contribution in [0.3, 0.4) is 0 Å². The second-order valence-corrected chi connectivity index (χ2v) is 9.89. The van der Waals surface area contributed by atoms with Gasteiger partial charge in [-0.2, -0.15) is 8.61 Å². The summed E-state index contributed by atoms with van der Waals surface area (Å²) >= 11 is 0. The van der Waals surface area contributed by atoms with Gasteiger partial charge in [-0.05, 0) is 25.0 Å². The predicted octanol–water partition coefficient (Wildman–Crippen LogP) is 1.20. The first-order valence-corrected chi connectivity index (χ1v) is 11.4. The lowest BCUT2D eigenvalue weighted by Gasteiger charge is -2.30. The van der Waals surface area contributed by atoms with E-state index in [1.165, 1.54) is 28.6 Å². The quantitative estimate of drug-likeness (QED) is 0.731. The Morgan fingerprint density at radius 1 is 1.15 bits per heavy atom. The van der Waals surface area contributed by atoms with Crippen molar-refractivity contribution >= 4 is 26.0 Å². The van der Waals surface area contributed by atoms with Crippen molar-refractivity contribution in [2.24, 2.45) is 5.92 Å². The molecule has 1 N–H and O–H groups in total. The molecule has 1 saturated heterocycles. The zero-order chi connectivity index (χ0) is 19.5. The molecule has 0 aliphatic carbocycles. The lowest BCUT2D eigenvalue weighted by molar-refractivity contribution is -0.142. The summed E-state index contributed by atoms with van der Waals surface area (Å²) < 4.78 is 54.1. The minimum atomic E-state index is -4.13. The minimum Gasteiger partial charge on any atom is -0.481 e. The first kappa shape index (κ1) is 20.8. The number of carboxylic acid groups (broad SMARTS) is 1. The van der Waals surface area contributed by atoms with Gasteiger partial charge in [0.15, 0.2) is 0 Å². The maximum absolute atomic E-state index is 13.1. The number of nitrogens with zero attached hydrogens (tertiary/aromatic N) is 2. The van der Waals surface area contributed by atoms with Crippen molar-refractivity contribution in [3.63, 3.8) is 0 Å². The van der Waals surface area contributed by atoms with Crippen LogP contribution in [0.4, 0.5) is 0 Å². The number of piperidine rings is 1. The molecule has 1 atom stereocenters. The highest BCUT2D eigenvalue weighted by molar-refractivity contribution is 7.92. The molecule has 1 aromatic rings. The first-order chi connectivity index (χ1) is 12.2. The molecule has 1 aromatic carbocycles. The van der Waals surface area contributed by atoms with E-state index >= 15 is 0 Å². The molecule has 0 spiro atoms. The second kappa shape index (κ2) is 8.03. The Morgan fingerprint density at radius 3 is 2.27 bits per heavy atom. The molecule has 0 bridgehead atoms. The Balaban J connectivity index is 2.50. The molecule has 1 aliphatic heterocycles. The molecule has 10 heteroatoms. The van der Waals surface area contributed by atoms with Crippen molar-refractivity contribution in [1.29, 1.82) is 0 Å². The monoisotopic (exact) mass is 404 g/mol. The van der Waals surface area contributed by atoms with Gasteiger partial charge >= 0.3 is 5.97 Å². The van der Waals surface area contributed by atoms with Crippen molar-refractivity contribution < 1.29 is 26.7 Å². The minimum absolute atomic E-state index is 0.155. The Labute approximate surface area is 154 Å². The van der Waals surface area contributed by atoms with E-state index in [4.69, 9.17) is 0 Å². The topological polar surface area (TPSA) is 112 Å². The van der Waals surface area contributed by atoms with Gasteiger partial charge < -0.3 is 5.11 Å². The number of carboxylic acids is 1. The summed E-state index contributed by atoms with van der Waals surface area (Å²) in [6, 6.07) is 5.48. The summed E-state index contributed by atoms with van der Waals surface area (Å²) in [4.78, 5) is 10.6. The third-order valence-corrected chi connectivity index (χ3v) is 8.68. The summed E-state index contributed by atoms with van der Waals surface area (Å²) in [6.07, 6.45) is 0.821. The van der Waals surface area contributed by atoms with Crippen LogP contribution in [0.15, 0.2) is 34.1 Å². The van der Waals surface area contributed by atoms with Gasteiger partial charge in [-0.1, -0.05) is 26.0 Å². The van der Waals surface area contributed by atoms with Gasteiger partial charge in [-0.3, -0.25) is 4.79 Å². The molecule has 1 heterocycles. The van der Waals surface area contributed by atoms with E-state index < -0.39 is 31.9 Å². The van der Waals surface area contributed by atoms with Crippen LogP contribution >= 0.6 is 0 Å². The van der Waals surface area contributed by atoms with Crippen LogP contribution in [-0.4, -0.2) is 62.7 Å². The molecule has 0 saturated carbocycles. The molecule has 8 nitrogen and oxygen atoms in total. The zero-order valence-corrected chi connectivity index (χ0v) is 16.5. The summed E-state index contributed by atoms with van der Waals surface area (Å²) in [5, 5.41) is 9.19. The van der Waals surface area contributed by atoms with Gasteiger partial charge in [0.05, 0.1) is 5.92 Å². The first-order valence-electron chi connectivity index (χ1n) is 8.48. The van der Waals surface area contributed by atoms with Crippen molar-refractivity contribution in [3.8, 4) is 0 Å². The highest BCUT2D eigenvalue weighted by atomic mass is 32.2. The van der Waals surface area contributed by atoms with E-state index in [1.807, 2.05) is 0 Å². The van der Waals surface area contributed by atoms with Crippen molar-refractivity contribution in [3.05, 3.63) is 24.3 Å². The van der Waals surface area contributed by atoms with Gasteiger partial charge in [-0.25, -0.2) is 16.8 Å². The van der Waals surface area contributed by atoms with E-state index in [0.717, 1.165) is 4.31 Å². The molecular formula is C16H24N2O6S2. The SMILES string of the molecule is CCN(CC)S(=O)(=O)c1ccccc1S(=O)(=O)N1CCC[C@@H](C(=O)O)C1. The fraction of sp³-hybridized carbons (Fsp3) is 0.562. The standard InChI is InChI=1S/C16H24N2O6S2/c1-3-17(4-2)25(21,22)14-9-5-6-10-15(14)26(23,24)18-11-7-8-13(12-18)16(19)20/h5-6,9-10,13H,3-4,7-8,11-12H2,1-2H3,(H,19,20)/t13-/m1/s1. The smallest absolute Gasteiger partial charge is 0.307 e. The Kier molecular flexibility index (Phi) is 6.43. The highest BCUT2D eigenvalue weighted by Crippen LogP contribution is 2.29. The molecule has 1 aliphatic rings. The predicted molar refractivity (Wildman–Crippen MR) is 95.7 cm³/mol. The van der Waals surface area contributed by atoms with Gasteiger partial charge in [0, 0.05) is 26.2 Å². The van der Waals surface area contributed by atoms with Crippen molar-refractivity contribution in [1.82, 2.24) is 8.61 Å². The molecule has 0 radical (unpaired) electrons. The number of hydrogen-bond donors (Lipinski definition) is 1. The Bertz CT molecular complexity index is 862. The molecule has 0 amide bonds. The molecule has 1 fully saturated rings. The van der Waals surface area contributed by atoms with Crippen molar-refractivity contribution in [2.45, 2.75) is 36.5 Å². The average Bonchev–Trinajstić information content (AvgIpc) is 2.62. The maximum atomic E-state index is 13.1. The van der Waals surface area contributed by atoms with Crippen LogP contribution in [0, 0.1) is 5.92 Å². The average molecular weight is 405 g/mol. The molecular weight excluding hydrogens is 380 g/mol. The molecule has 0 aromatic heterocycles. The van der Waals surface area contributed by atoms with Crippen molar-refractivity contribution in [2.75, 3.05) is 26.2 Å². The third kappa shape index (κ3) is 3.93. The number of rotatable bonds is 7. The largest absolute Gasteiger partial charge is 0.481 e. The molecule has 2 rings (SSSR count). The fourth-order valence-corrected chi connectivity index (χ4v) is 6.84. The summed E-state index contributed by atoms with van der Waals surface area (Å²) in [5.74, 6) is -1.83. The van der Waals surface area contributed by atoms with E-state index in [1.54, 1.807) is 13.8 Å².